The van der Waals surface area contributed by atoms with Crippen molar-refractivity contribution in [3.63, 3.8) is 0 Å². The lowest BCUT2D eigenvalue weighted by Crippen LogP contribution is -2.28. The minimum absolute atomic E-state index is 0.241. The third-order valence-electron chi connectivity index (χ3n) is 9.62. The average molecular weight is 824 g/mol. The van der Waals surface area contributed by atoms with Crippen LogP contribution in [-0.2, 0) is 26.0 Å². The van der Waals surface area contributed by atoms with Crippen molar-refractivity contribution in [3.05, 3.63) is 131 Å². The first-order valence-electron chi connectivity index (χ1n) is 20.1. The smallest absolute Gasteiger partial charge is 0.324 e. The van der Waals surface area contributed by atoms with E-state index in [9.17, 15) is 9.59 Å². The van der Waals surface area contributed by atoms with E-state index >= 15 is 0 Å². The zero-order valence-corrected chi connectivity index (χ0v) is 35.6. The van der Waals surface area contributed by atoms with Gasteiger partial charge in [0.2, 0.25) is 0 Å². The van der Waals surface area contributed by atoms with Crippen LogP contribution in [0.15, 0.2) is 103 Å². The van der Waals surface area contributed by atoms with Gasteiger partial charge in [-0.3, -0.25) is 15.1 Å². The molecule has 3 N–H and O–H groups in total. The normalized spacial score (nSPS) is 11.2. The van der Waals surface area contributed by atoms with Crippen LogP contribution >= 0.6 is 0 Å². The fourth-order valence-electron chi connectivity index (χ4n) is 6.43. The van der Waals surface area contributed by atoms with Gasteiger partial charge in [-0.2, -0.15) is 5.10 Å². The molecule has 13 nitrogen and oxygen atoms in total. The number of hydrogen-bond donors (Lipinski definition) is 3. The van der Waals surface area contributed by atoms with E-state index in [0.29, 0.717) is 80.1 Å². The second-order valence-electron chi connectivity index (χ2n) is 15.5. The maximum atomic E-state index is 13.6. The Hall–Kier alpha value is -6.72. The van der Waals surface area contributed by atoms with Crippen molar-refractivity contribution in [1.82, 2.24) is 20.1 Å². The summed E-state index contributed by atoms with van der Waals surface area (Å²) in [5.41, 5.74) is 5.68. The van der Waals surface area contributed by atoms with Crippen LogP contribution in [0.1, 0.15) is 53.6 Å². The van der Waals surface area contributed by atoms with Crippen molar-refractivity contribution in [2.45, 2.75) is 32.6 Å². The predicted octanol–water partition coefficient (Wildman–Crippen LogP) is 8.20. The van der Waals surface area contributed by atoms with Crippen LogP contribution in [0.3, 0.4) is 0 Å². The van der Waals surface area contributed by atoms with Gasteiger partial charge in [0.05, 0.1) is 50.1 Å². The monoisotopic (exact) mass is 823 g/mol. The molecular weight excluding hydrogens is 771 g/mol. The van der Waals surface area contributed by atoms with Gasteiger partial charge in [0.1, 0.15) is 17.3 Å². The van der Waals surface area contributed by atoms with E-state index in [1.54, 1.807) is 30.1 Å². The molecule has 0 aliphatic carbocycles. The van der Waals surface area contributed by atoms with E-state index in [2.05, 4.69) is 47.6 Å². The molecule has 13 heteroatoms. The van der Waals surface area contributed by atoms with E-state index in [0.717, 1.165) is 39.1 Å². The van der Waals surface area contributed by atoms with Crippen LogP contribution in [0, 0.1) is 12.3 Å². The second kappa shape index (κ2) is 20.5. The number of amides is 3. The average Bonchev–Trinajstić information content (AvgIpc) is 3.68. The minimum Gasteiger partial charge on any atom is -0.457 e. The van der Waals surface area contributed by atoms with E-state index in [1.165, 1.54) is 0 Å². The minimum atomic E-state index is -0.414. The van der Waals surface area contributed by atoms with Crippen molar-refractivity contribution in [1.29, 1.82) is 0 Å². The molecule has 0 aliphatic rings. The van der Waals surface area contributed by atoms with Gasteiger partial charge in [-0.1, -0.05) is 51.0 Å². The number of pyridine rings is 1. The summed E-state index contributed by atoms with van der Waals surface area (Å²) in [4.78, 5) is 33.3. The highest BCUT2D eigenvalue weighted by Gasteiger charge is 2.22. The predicted molar refractivity (Wildman–Crippen MR) is 241 cm³/mol. The van der Waals surface area contributed by atoms with Gasteiger partial charge in [-0.25, -0.2) is 9.48 Å². The van der Waals surface area contributed by atoms with Crippen LogP contribution in [-0.4, -0.2) is 87.5 Å². The summed E-state index contributed by atoms with van der Waals surface area (Å²) in [6.45, 7) is 8.85. The summed E-state index contributed by atoms with van der Waals surface area (Å²) in [6, 6.07) is 29.9. The van der Waals surface area contributed by atoms with Crippen LogP contribution in [0.25, 0.3) is 16.5 Å². The van der Waals surface area contributed by atoms with Gasteiger partial charge in [0, 0.05) is 91.2 Å². The van der Waals surface area contributed by atoms with Gasteiger partial charge in [0.15, 0.2) is 0 Å². The molecule has 0 saturated heterocycles. The standard InChI is InChI=1S/C48H53N7O6/c1-8-33-27-34(29-35(28-33)46(56)50-21-22-59-25-26-60-24-23-58-7)30-36-31-39(19-20-49-36)61-43-18-17-42(40-11-9-10-12-41(40)43)51-47(57)52-45-32-44(48(2,3)4)53-55(45)38-15-13-37(14-16-38)54(5)6/h1,9-20,27-29,31-32H,21-26,30H2,2-7H3,(H,50,56)(H2,51,52,57). The molecule has 0 unspecified atom stereocenters. The lowest BCUT2D eigenvalue weighted by atomic mass is 9.92. The van der Waals surface area contributed by atoms with Crippen molar-refractivity contribution >= 4 is 39.9 Å². The number of nitrogens with one attached hydrogen (secondary N) is 3. The molecule has 0 radical (unpaired) electrons. The lowest BCUT2D eigenvalue weighted by Gasteiger charge is -2.15. The molecule has 316 valence electrons. The lowest BCUT2D eigenvalue weighted by molar-refractivity contribution is 0.0255. The maximum absolute atomic E-state index is 13.6. The molecule has 6 rings (SSSR count). The Morgan fingerprint density at radius 3 is 2.30 bits per heavy atom. The number of nitrogens with zero attached hydrogens (tertiary/aromatic N) is 4. The molecule has 4 aromatic carbocycles. The Morgan fingerprint density at radius 1 is 0.836 bits per heavy atom. The first-order chi connectivity index (χ1) is 29.4. The number of urea groups is 1. The van der Waals surface area contributed by atoms with Crippen molar-refractivity contribution in [3.8, 4) is 29.5 Å². The largest absolute Gasteiger partial charge is 0.457 e. The summed E-state index contributed by atoms with van der Waals surface area (Å²) >= 11 is 0. The fourth-order valence-corrected chi connectivity index (χ4v) is 6.43. The SMILES string of the molecule is C#Cc1cc(Cc2cc(Oc3ccc(NC(=O)Nc4cc(C(C)(C)C)nn4-c4ccc(N(C)C)cc4)c4ccccc34)ccn2)cc(C(=O)NCCOCCOCCOC)c1. The molecule has 2 aromatic heterocycles. The number of fused-ring (bicyclic) bond motifs is 1. The highest BCUT2D eigenvalue weighted by atomic mass is 16.5. The van der Waals surface area contributed by atoms with Gasteiger partial charge in [0.25, 0.3) is 5.91 Å². The zero-order valence-electron chi connectivity index (χ0n) is 35.6. The Bertz CT molecular complexity index is 2480. The van der Waals surface area contributed by atoms with Gasteiger partial charge >= 0.3 is 6.03 Å². The second-order valence-corrected chi connectivity index (χ2v) is 15.5. The van der Waals surface area contributed by atoms with Crippen molar-refractivity contribution in [2.24, 2.45) is 0 Å². The molecule has 0 fully saturated rings. The first-order valence-corrected chi connectivity index (χ1v) is 20.1. The van der Waals surface area contributed by atoms with Gasteiger partial charge in [-0.15, -0.1) is 6.42 Å². The Morgan fingerprint density at radius 2 is 1.57 bits per heavy atom. The third-order valence-corrected chi connectivity index (χ3v) is 9.62. The van der Waals surface area contributed by atoms with Crippen LogP contribution < -0.4 is 25.6 Å². The molecular formula is C48H53N7O6. The third kappa shape index (κ3) is 11.9. The van der Waals surface area contributed by atoms with E-state index in [4.69, 9.17) is 30.5 Å². The van der Waals surface area contributed by atoms with Crippen LogP contribution in [0.2, 0.25) is 0 Å². The quantitative estimate of drug-likeness (QED) is 0.0578. The molecule has 3 amide bonds. The molecule has 0 spiro atoms. The van der Waals surface area contributed by atoms with Crippen LogP contribution in [0.4, 0.5) is 22.0 Å². The molecule has 0 saturated carbocycles. The topological polar surface area (TPSA) is 141 Å². The van der Waals surface area contributed by atoms with E-state index in [-0.39, 0.29) is 11.3 Å². The summed E-state index contributed by atoms with van der Waals surface area (Å²) in [7, 11) is 5.60. The van der Waals surface area contributed by atoms with Crippen molar-refractivity contribution < 1.29 is 28.5 Å². The zero-order chi connectivity index (χ0) is 43.4. The summed E-state index contributed by atoms with van der Waals surface area (Å²) < 4.78 is 24.1. The molecule has 61 heavy (non-hydrogen) atoms. The Labute approximate surface area is 357 Å². The molecule has 6 aromatic rings. The number of rotatable bonds is 18. The fraction of sp³-hybridized carbons (Fsp3) is 0.292. The number of ether oxygens (including phenoxy) is 4. The molecule has 0 aliphatic heterocycles. The number of hydrogen-bond acceptors (Lipinski definition) is 9. The van der Waals surface area contributed by atoms with Gasteiger partial charge < -0.3 is 34.5 Å². The van der Waals surface area contributed by atoms with E-state index in [1.807, 2.05) is 104 Å². The Kier molecular flexibility index (Phi) is 14.7. The Balaban J connectivity index is 1.12. The number of aromatic nitrogens is 3. The molecule has 0 bridgehead atoms. The summed E-state index contributed by atoms with van der Waals surface area (Å²) in [6.07, 6.45) is 7.87. The summed E-state index contributed by atoms with van der Waals surface area (Å²) in [5, 5.41) is 15.4. The number of carbonyl (C=O) groups excluding carboxylic acids is 2. The van der Waals surface area contributed by atoms with E-state index < -0.39 is 6.03 Å². The first kappa shape index (κ1) is 43.8. The summed E-state index contributed by atoms with van der Waals surface area (Å²) in [5.74, 6) is 4.12. The highest BCUT2D eigenvalue weighted by molar-refractivity contribution is 6.07. The highest BCUT2D eigenvalue weighted by Crippen LogP contribution is 2.35. The number of anilines is 3. The number of terminal acetylenes is 1. The van der Waals surface area contributed by atoms with Crippen molar-refractivity contribution in [2.75, 3.05) is 76.3 Å². The maximum Gasteiger partial charge on any atom is 0.324 e. The number of methoxy groups -OCH3 is 1. The number of carbonyl (C=O) groups is 2. The van der Waals surface area contributed by atoms with Gasteiger partial charge in [-0.05, 0) is 66.2 Å². The molecule has 2 heterocycles. The van der Waals surface area contributed by atoms with Crippen LogP contribution in [0.5, 0.6) is 11.5 Å². The number of benzene rings is 4. The molecule has 0 atom stereocenters.